The lowest BCUT2D eigenvalue weighted by atomic mass is 9.82. The molecule has 6 saturated heterocycles. The van der Waals surface area contributed by atoms with Gasteiger partial charge >= 0.3 is 21.6 Å². The molecule has 0 aromatic carbocycles. The van der Waals surface area contributed by atoms with E-state index in [1.54, 1.807) is 13.8 Å². The fraction of sp³-hybridized carbons (Fsp3) is 0.600. The second-order valence-electron chi connectivity index (χ2n) is 5.43. The van der Waals surface area contributed by atoms with E-state index >= 15 is 0 Å². The average molecular weight is 338 g/mol. The van der Waals surface area contributed by atoms with Gasteiger partial charge in [-0.05, 0) is 31.9 Å². The van der Waals surface area contributed by atoms with Crippen molar-refractivity contribution in [3.8, 4) is 0 Å². The van der Waals surface area contributed by atoms with Crippen LogP contribution in [-0.2, 0) is 36.3 Å². The number of phosphoric ester groups is 2. The van der Waals surface area contributed by atoms with Crippen LogP contribution in [0.1, 0.15) is 20.8 Å². The van der Waals surface area contributed by atoms with E-state index in [1.807, 2.05) is 0 Å². The molecular weight excluding hydrogens is 326 g/mol. The summed E-state index contributed by atoms with van der Waals surface area (Å²) in [4.78, 5) is 0. The van der Waals surface area contributed by atoms with Gasteiger partial charge in [-0.15, -0.1) is 0 Å². The highest BCUT2D eigenvalue weighted by Gasteiger charge is 2.94. The van der Waals surface area contributed by atoms with Gasteiger partial charge in [0, 0.05) is 0 Å². The fourth-order valence-corrected chi connectivity index (χ4v) is 6.27. The number of hydrogen-bond donors (Lipinski definition) is 1. The van der Waals surface area contributed by atoms with E-state index in [9.17, 15) is 14.2 Å². The lowest BCUT2D eigenvalue weighted by Gasteiger charge is -2.47. The van der Waals surface area contributed by atoms with Crippen LogP contribution in [0.4, 0.5) is 0 Å². The molecule has 0 aromatic heterocycles. The van der Waals surface area contributed by atoms with E-state index in [2.05, 4.69) is 6.58 Å². The molecule has 0 amide bonds. The van der Waals surface area contributed by atoms with Crippen LogP contribution in [0.15, 0.2) is 23.5 Å². The molecule has 9 nitrogen and oxygen atoms in total. The first-order chi connectivity index (χ1) is 9.52. The molecule has 6 heterocycles. The molecule has 116 valence electrons. The molecule has 0 unspecified atom stereocenters. The normalized spacial score (nSPS) is 56.5. The highest BCUT2D eigenvalue weighted by Crippen LogP contribution is 2.88. The van der Waals surface area contributed by atoms with Crippen molar-refractivity contribution in [3.63, 3.8) is 0 Å². The molecule has 6 aliphatic heterocycles. The third-order valence-electron chi connectivity index (χ3n) is 3.67. The first-order valence-electron chi connectivity index (χ1n) is 6.01. The molecule has 11 heteroatoms. The second kappa shape index (κ2) is 3.37. The Hall–Kier alpha value is -0.500. The quantitative estimate of drug-likeness (QED) is 0.599. The van der Waals surface area contributed by atoms with Gasteiger partial charge in [0.1, 0.15) is 0 Å². The standard InChI is InChI=1S/C10H12O9P2/c1-5(2)7-9(16-20(12,14-7)17-9)8(6(3)4)10(11)18-21(13,15-8)19-10/h11H,3H2,1-2,4H3/t8-,9?,10?,20?,21?/m1/s1. The van der Waals surface area contributed by atoms with Gasteiger partial charge in [0.05, 0.1) is 0 Å². The maximum absolute atomic E-state index is 12.0. The van der Waals surface area contributed by atoms with Crippen molar-refractivity contribution in [2.24, 2.45) is 0 Å². The zero-order chi connectivity index (χ0) is 15.5. The fourth-order valence-electron chi connectivity index (χ4n) is 2.92. The minimum atomic E-state index is -3.93. The minimum absolute atomic E-state index is 0.0507. The summed E-state index contributed by atoms with van der Waals surface area (Å²) in [5.74, 6) is -4.28. The Morgan fingerprint density at radius 3 is 2.00 bits per heavy atom. The molecule has 6 aliphatic rings. The molecule has 21 heavy (non-hydrogen) atoms. The van der Waals surface area contributed by atoms with E-state index in [-0.39, 0.29) is 11.3 Å². The van der Waals surface area contributed by atoms with Crippen molar-refractivity contribution in [2.75, 3.05) is 0 Å². The summed E-state index contributed by atoms with van der Waals surface area (Å²) in [6.45, 7) is 8.50. The molecule has 0 aliphatic carbocycles. The largest absolute Gasteiger partial charge is 0.536 e. The maximum Gasteiger partial charge on any atom is 0.536 e. The van der Waals surface area contributed by atoms with Crippen LogP contribution in [0.3, 0.4) is 0 Å². The zero-order valence-electron chi connectivity index (χ0n) is 11.3. The van der Waals surface area contributed by atoms with Crippen molar-refractivity contribution < 1.29 is 41.4 Å². The third-order valence-corrected chi connectivity index (χ3v) is 6.47. The summed E-state index contributed by atoms with van der Waals surface area (Å²) >= 11 is 0. The van der Waals surface area contributed by atoms with Crippen molar-refractivity contribution in [2.45, 2.75) is 38.1 Å². The predicted molar refractivity (Wildman–Crippen MR) is 65.3 cm³/mol. The molecule has 0 spiro atoms. The molecule has 0 radical (unpaired) electrons. The predicted octanol–water partition coefficient (Wildman–Crippen LogP) is 2.31. The van der Waals surface area contributed by atoms with Crippen molar-refractivity contribution in [1.29, 1.82) is 0 Å². The number of phosphoric acid groups is 2. The average Bonchev–Trinajstić information content (AvgIpc) is 2.86. The van der Waals surface area contributed by atoms with Crippen LogP contribution in [0.25, 0.3) is 0 Å². The second-order valence-corrected chi connectivity index (χ2v) is 8.32. The summed E-state index contributed by atoms with van der Waals surface area (Å²) in [6, 6.07) is 0. The van der Waals surface area contributed by atoms with Crippen LogP contribution in [0, 0.1) is 0 Å². The van der Waals surface area contributed by atoms with Crippen LogP contribution >= 0.6 is 15.6 Å². The van der Waals surface area contributed by atoms with Gasteiger partial charge in [-0.3, -0.25) is 4.52 Å². The molecular formula is C10H12O9P2. The highest BCUT2D eigenvalue weighted by atomic mass is 31.2. The molecule has 6 fully saturated rings. The summed E-state index contributed by atoms with van der Waals surface area (Å²) in [5, 5.41) is 10.4. The Labute approximate surface area is 119 Å². The van der Waals surface area contributed by atoms with Gasteiger partial charge in [-0.25, -0.2) is 27.2 Å². The van der Waals surface area contributed by atoms with E-state index < -0.39 is 33.0 Å². The van der Waals surface area contributed by atoms with Crippen LogP contribution < -0.4 is 0 Å². The lowest BCUT2D eigenvalue weighted by molar-refractivity contribution is -0.385. The van der Waals surface area contributed by atoms with E-state index in [1.165, 1.54) is 6.92 Å². The monoisotopic (exact) mass is 338 g/mol. The lowest BCUT2D eigenvalue weighted by Crippen LogP contribution is -2.69. The number of rotatable bonds is 2. The molecule has 1 N–H and O–H groups in total. The Balaban J connectivity index is 1.96. The first-order valence-corrected chi connectivity index (χ1v) is 8.93. The number of allylic oxidation sites excluding steroid dienone is 1. The van der Waals surface area contributed by atoms with Crippen molar-refractivity contribution in [3.05, 3.63) is 23.5 Å². The van der Waals surface area contributed by atoms with E-state index in [0.29, 0.717) is 5.57 Å². The summed E-state index contributed by atoms with van der Waals surface area (Å²) in [7, 11) is -7.69. The van der Waals surface area contributed by atoms with Gasteiger partial charge < -0.3 is 9.63 Å². The third kappa shape index (κ3) is 1.27. The topological polar surface area (TPSA) is 110 Å². The molecule has 4 bridgehead atoms. The van der Waals surface area contributed by atoms with Crippen molar-refractivity contribution >= 4 is 15.6 Å². The number of hydrogen-bond acceptors (Lipinski definition) is 9. The minimum Gasteiger partial charge on any atom is -0.402 e. The first kappa shape index (κ1) is 14.1. The maximum atomic E-state index is 12.0. The van der Waals surface area contributed by atoms with Crippen LogP contribution in [0.5, 0.6) is 0 Å². The highest BCUT2D eigenvalue weighted by molar-refractivity contribution is 7.51. The molecule has 6 rings (SSSR count). The summed E-state index contributed by atoms with van der Waals surface area (Å²) in [6.07, 6.45) is 0. The van der Waals surface area contributed by atoms with Crippen LogP contribution in [-0.4, -0.2) is 22.5 Å². The van der Waals surface area contributed by atoms with E-state index in [4.69, 9.17) is 27.1 Å². The smallest absolute Gasteiger partial charge is 0.402 e. The zero-order valence-corrected chi connectivity index (χ0v) is 13.1. The Bertz CT molecular complexity index is 700. The van der Waals surface area contributed by atoms with Gasteiger partial charge in [0.25, 0.3) is 5.79 Å². The van der Waals surface area contributed by atoms with Gasteiger partial charge in [-0.2, -0.15) is 0 Å². The van der Waals surface area contributed by atoms with Gasteiger partial charge in [0.15, 0.2) is 5.76 Å². The Morgan fingerprint density at radius 2 is 1.62 bits per heavy atom. The van der Waals surface area contributed by atoms with Gasteiger partial charge in [0.2, 0.25) is 5.60 Å². The van der Waals surface area contributed by atoms with Crippen LogP contribution in [0.2, 0.25) is 0 Å². The Kier molecular flexibility index (Phi) is 2.27. The molecule has 0 saturated carbocycles. The van der Waals surface area contributed by atoms with E-state index in [0.717, 1.165) is 0 Å². The van der Waals surface area contributed by atoms with Gasteiger partial charge in [-0.1, -0.05) is 6.58 Å². The SMILES string of the molecule is C=C(C)[C@]1(C23OP(=O)(OC2=C(C)C)O3)OP2(=O)OC1(O)O2. The number of aliphatic hydroxyl groups is 1. The number of fused-ring (bicyclic) bond motifs is 2. The Morgan fingerprint density at radius 1 is 1.05 bits per heavy atom. The van der Waals surface area contributed by atoms with Crippen molar-refractivity contribution in [1.82, 2.24) is 0 Å². The summed E-state index contributed by atoms with van der Waals surface area (Å²) in [5.41, 5.74) is -1.29. The summed E-state index contributed by atoms with van der Waals surface area (Å²) < 4.78 is 54.7. The molecule has 0 aromatic rings. The molecule has 1 atom stereocenters.